The Hall–Kier alpha value is -1.14. The highest BCUT2D eigenvalue weighted by Gasteiger charge is 1.97. The molecule has 0 aliphatic heterocycles. The molecule has 0 amide bonds. The van der Waals surface area contributed by atoms with Crippen molar-refractivity contribution >= 4 is 0 Å². The molecule has 0 aliphatic rings. The molecule has 1 aromatic carbocycles. The maximum absolute atomic E-state index is 5.67. The van der Waals surface area contributed by atoms with Gasteiger partial charge in [-0.3, -0.25) is 0 Å². The van der Waals surface area contributed by atoms with Gasteiger partial charge in [0.2, 0.25) is 0 Å². The van der Waals surface area contributed by atoms with Crippen LogP contribution in [0.1, 0.15) is 96.0 Å². The average molecular weight is 671 g/mol. The van der Waals surface area contributed by atoms with Crippen molar-refractivity contribution in [2.24, 2.45) is 0 Å². The smallest absolute Gasteiger partial charge is 0.0718 e. The molecule has 1 aromatic rings. The van der Waals surface area contributed by atoms with E-state index in [1.165, 1.54) is 82.6 Å². The van der Waals surface area contributed by atoms with Gasteiger partial charge in [0.05, 0.1) is 112 Å². The molecule has 276 valence electrons. The SMILES string of the molecule is CCCCCCCCCCCCCCCOCCOCCOCCOCCOCCOCCOCCOCCOCc1ccccc1. The Morgan fingerprint density at radius 2 is 0.574 bits per heavy atom. The number of benzene rings is 1. The Morgan fingerprint density at radius 3 is 0.915 bits per heavy atom. The van der Waals surface area contributed by atoms with Crippen molar-refractivity contribution in [1.29, 1.82) is 0 Å². The van der Waals surface area contributed by atoms with Crippen LogP contribution in [0.3, 0.4) is 0 Å². The lowest BCUT2D eigenvalue weighted by Gasteiger charge is -2.09. The quantitative estimate of drug-likeness (QED) is 0.0663. The van der Waals surface area contributed by atoms with Gasteiger partial charge in [0.25, 0.3) is 0 Å². The third-order valence-corrected chi connectivity index (χ3v) is 7.48. The number of rotatable bonds is 40. The van der Waals surface area contributed by atoms with Crippen molar-refractivity contribution in [3.05, 3.63) is 35.9 Å². The van der Waals surface area contributed by atoms with E-state index in [1.54, 1.807) is 0 Å². The fourth-order valence-corrected chi connectivity index (χ4v) is 4.75. The maximum atomic E-state index is 5.67. The molecule has 0 unspecified atom stereocenters. The summed E-state index contributed by atoms with van der Waals surface area (Å²) < 4.78 is 49.9. The molecule has 0 radical (unpaired) electrons. The van der Waals surface area contributed by atoms with Crippen molar-refractivity contribution in [3.63, 3.8) is 0 Å². The Labute approximate surface area is 287 Å². The van der Waals surface area contributed by atoms with Crippen LogP contribution in [0.2, 0.25) is 0 Å². The second-order valence-corrected chi connectivity index (χ2v) is 11.7. The topological polar surface area (TPSA) is 83.1 Å². The zero-order valence-corrected chi connectivity index (χ0v) is 30.0. The first-order valence-electron chi connectivity index (χ1n) is 18.7. The van der Waals surface area contributed by atoms with E-state index in [-0.39, 0.29) is 0 Å². The van der Waals surface area contributed by atoms with Crippen LogP contribution in [-0.4, -0.2) is 112 Å². The summed E-state index contributed by atoms with van der Waals surface area (Å²) in [6, 6.07) is 10.1. The molecule has 0 atom stereocenters. The Bertz CT molecular complexity index is 695. The first-order valence-corrected chi connectivity index (χ1v) is 18.7. The molecular formula is C38H70O9. The summed E-state index contributed by atoms with van der Waals surface area (Å²) in [5.41, 5.74) is 1.17. The van der Waals surface area contributed by atoms with Crippen LogP contribution in [0.15, 0.2) is 30.3 Å². The number of ether oxygens (including phenoxy) is 9. The monoisotopic (exact) mass is 671 g/mol. The van der Waals surface area contributed by atoms with Gasteiger partial charge in [0.1, 0.15) is 0 Å². The molecule has 0 saturated carbocycles. The van der Waals surface area contributed by atoms with Crippen molar-refractivity contribution in [1.82, 2.24) is 0 Å². The number of hydrogen-bond donors (Lipinski definition) is 0. The van der Waals surface area contributed by atoms with Gasteiger partial charge < -0.3 is 42.6 Å². The molecule has 0 spiro atoms. The van der Waals surface area contributed by atoms with E-state index in [1.807, 2.05) is 30.3 Å². The Morgan fingerprint density at radius 1 is 0.298 bits per heavy atom. The summed E-state index contributed by atoms with van der Waals surface area (Å²) in [5, 5.41) is 0. The Kier molecular flexibility index (Phi) is 36.7. The first-order chi connectivity index (χ1) is 23.4. The molecule has 47 heavy (non-hydrogen) atoms. The lowest BCUT2D eigenvalue weighted by atomic mass is 10.0. The minimum absolute atomic E-state index is 0.534. The lowest BCUT2D eigenvalue weighted by molar-refractivity contribution is -0.0254. The van der Waals surface area contributed by atoms with E-state index < -0.39 is 0 Å². The molecule has 0 bridgehead atoms. The number of unbranched alkanes of at least 4 members (excludes halogenated alkanes) is 12. The van der Waals surface area contributed by atoms with Gasteiger partial charge >= 0.3 is 0 Å². The third-order valence-electron chi connectivity index (χ3n) is 7.48. The van der Waals surface area contributed by atoms with E-state index >= 15 is 0 Å². The lowest BCUT2D eigenvalue weighted by Crippen LogP contribution is -2.15. The van der Waals surface area contributed by atoms with Gasteiger partial charge in [-0.05, 0) is 12.0 Å². The standard InChI is InChI=1S/C38H70O9/c1-2-3-4-5-6-7-8-9-10-11-12-13-17-20-39-21-22-40-23-24-41-25-26-42-27-28-43-29-30-44-31-32-45-33-34-46-35-36-47-37-38-18-15-14-16-19-38/h14-16,18-19H,2-13,17,20-37H2,1H3. The minimum atomic E-state index is 0.534. The minimum Gasteiger partial charge on any atom is -0.379 e. The molecule has 1 rings (SSSR count). The fourth-order valence-electron chi connectivity index (χ4n) is 4.75. The van der Waals surface area contributed by atoms with Crippen LogP contribution in [-0.2, 0) is 49.2 Å². The van der Waals surface area contributed by atoms with Gasteiger partial charge in [-0.25, -0.2) is 0 Å². The van der Waals surface area contributed by atoms with Crippen LogP contribution >= 0.6 is 0 Å². The van der Waals surface area contributed by atoms with Crippen molar-refractivity contribution in [2.45, 2.75) is 97.0 Å². The molecule has 0 saturated heterocycles. The summed E-state index contributed by atoms with van der Waals surface area (Å²) in [6.45, 7) is 12.7. The Balaban J connectivity index is 1.60. The highest BCUT2D eigenvalue weighted by molar-refractivity contribution is 5.13. The normalized spacial score (nSPS) is 11.5. The summed E-state index contributed by atoms with van der Waals surface area (Å²) >= 11 is 0. The summed E-state index contributed by atoms with van der Waals surface area (Å²) in [5.74, 6) is 0. The van der Waals surface area contributed by atoms with Crippen molar-refractivity contribution in [2.75, 3.05) is 112 Å². The molecule has 0 aliphatic carbocycles. The zero-order valence-electron chi connectivity index (χ0n) is 30.0. The first kappa shape index (κ1) is 43.9. The van der Waals surface area contributed by atoms with Crippen LogP contribution in [0.5, 0.6) is 0 Å². The molecule has 0 N–H and O–H groups in total. The second kappa shape index (κ2) is 39.3. The van der Waals surface area contributed by atoms with E-state index in [2.05, 4.69) is 6.92 Å². The zero-order chi connectivity index (χ0) is 33.4. The molecule has 0 heterocycles. The van der Waals surface area contributed by atoms with Gasteiger partial charge in [-0.1, -0.05) is 114 Å². The predicted molar refractivity (Wildman–Crippen MR) is 188 cm³/mol. The summed E-state index contributed by atoms with van der Waals surface area (Å²) in [6.07, 6.45) is 17.8. The van der Waals surface area contributed by atoms with Crippen molar-refractivity contribution in [3.8, 4) is 0 Å². The maximum Gasteiger partial charge on any atom is 0.0718 e. The van der Waals surface area contributed by atoms with Crippen LogP contribution < -0.4 is 0 Å². The van der Waals surface area contributed by atoms with E-state index in [9.17, 15) is 0 Å². The van der Waals surface area contributed by atoms with E-state index in [4.69, 9.17) is 42.6 Å². The second-order valence-electron chi connectivity index (χ2n) is 11.7. The highest BCUT2D eigenvalue weighted by Crippen LogP contribution is 2.12. The van der Waals surface area contributed by atoms with Gasteiger partial charge in [0.15, 0.2) is 0 Å². The van der Waals surface area contributed by atoms with Gasteiger partial charge in [-0.15, -0.1) is 0 Å². The summed E-state index contributed by atoms with van der Waals surface area (Å²) in [4.78, 5) is 0. The van der Waals surface area contributed by atoms with E-state index in [0.29, 0.717) is 112 Å². The van der Waals surface area contributed by atoms with E-state index in [0.717, 1.165) is 13.0 Å². The van der Waals surface area contributed by atoms with Crippen molar-refractivity contribution < 1.29 is 42.6 Å². The molecule has 9 heteroatoms. The van der Waals surface area contributed by atoms with Crippen LogP contribution in [0.4, 0.5) is 0 Å². The van der Waals surface area contributed by atoms with Crippen LogP contribution in [0.25, 0.3) is 0 Å². The van der Waals surface area contributed by atoms with Crippen LogP contribution in [0, 0.1) is 0 Å². The molecular weight excluding hydrogens is 600 g/mol. The fraction of sp³-hybridized carbons (Fsp3) is 0.842. The molecule has 0 aromatic heterocycles. The molecule has 9 nitrogen and oxygen atoms in total. The number of hydrogen-bond acceptors (Lipinski definition) is 9. The van der Waals surface area contributed by atoms with Gasteiger partial charge in [-0.2, -0.15) is 0 Å². The predicted octanol–water partition coefficient (Wildman–Crippen LogP) is 7.43. The largest absolute Gasteiger partial charge is 0.379 e. The van der Waals surface area contributed by atoms with Gasteiger partial charge in [0, 0.05) is 6.61 Å². The third kappa shape index (κ3) is 36.0. The molecule has 0 fully saturated rings. The average Bonchev–Trinajstić information content (AvgIpc) is 3.09. The highest BCUT2D eigenvalue weighted by atomic mass is 16.6. The summed E-state index contributed by atoms with van der Waals surface area (Å²) in [7, 11) is 0.